The van der Waals surface area contributed by atoms with E-state index in [9.17, 15) is 0 Å². The Balaban J connectivity index is 2.10. The van der Waals surface area contributed by atoms with Crippen LogP contribution < -0.4 is 5.32 Å². The highest BCUT2D eigenvalue weighted by Gasteiger charge is 2.26. The average Bonchev–Trinajstić information content (AvgIpc) is 2.48. The maximum absolute atomic E-state index is 5.51. The molecule has 1 fully saturated rings. The molecule has 1 heterocycles. The van der Waals surface area contributed by atoms with E-state index in [1.54, 1.807) is 0 Å². The summed E-state index contributed by atoms with van der Waals surface area (Å²) in [5.74, 6) is 0. The summed E-state index contributed by atoms with van der Waals surface area (Å²) < 4.78 is 5.51. The molecule has 0 saturated carbocycles. The van der Waals surface area contributed by atoms with Crippen LogP contribution in [0.2, 0.25) is 0 Å². The minimum absolute atomic E-state index is 0.142. The average molecular weight is 290 g/mol. The predicted molar refractivity (Wildman–Crippen MR) is 88.5 cm³/mol. The Bertz CT molecular complexity index is 407. The zero-order valence-electron chi connectivity index (χ0n) is 13.9. The molecule has 3 heteroatoms. The van der Waals surface area contributed by atoms with E-state index in [2.05, 4.69) is 68.4 Å². The van der Waals surface area contributed by atoms with Crippen molar-refractivity contribution in [3.63, 3.8) is 0 Å². The summed E-state index contributed by atoms with van der Waals surface area (Å²) in [6.07, 6.45) is 2.27. The van der Waals surface area contributed by atoms with E-state index in [0.29, 0.717) is 12.1 Å². The van der Waals surface area contributed by atoms with Crippen LogP contribution in [0.4, 0.5) is 0 Å². The fraction of sp³-hybridized carbons (Fsp3) is 0.667. The lowest BCUT2D eigenvalue weighted by Gasteiger charge is -2.38. The van der Waals surface area contributed by atoms with Gasteiger partial charge in [0.1, 0.15) is 0 Å². The Morgan fingerprint density at radius 1 is 1.19 bits per heavy atom. The molecule has 1 aliphatic rings. The third kappa shape index (κ3) is 5.10. The maximum Gasteiger partial charge on any atom is 0.0480 e. The summed E-state index contributed by atoms with van der Waals surface area (Å²) >= 11 is 0. The van der Waals surface area contributed by atoms with Crippen LogP contribution in [0.25, 0.3) is 0 Å². The summed E-state index contributed by atoms with van der Waals surface area (Å²) in [5, 5.41) is 3.67. The van der Waals surface area contributed by atoms with Crippen molar-refractivity contribution in [2.45, 2.75) is 51.2 Å². The number of hydrogen-bond donors (Lipinski definition) is 1. The Morgan fingerprint density at radius 3 is 2.38 bits per heavy atom. The second kappa shape index (κ2) is 7.39. The standard InChI is InChI=1S/C18H30N2O/c1-18(2,3)19-14-17(15-8-6-5-7-9-15)20(4)16-10-12-21-13-11-16/h5-9,16-17,19H,10-14H2,1-4H3. The number of likely N-dealkylation sites (N-methyl/N-ethyl adjacent to an activating group) is 1. The molecule has 0 spiro atoms. The molecule has 21 heavy (non-hydrogen) atoms. The van der Waals surface area contributed by atoms with Gasteiger partial charge >= 0.3 is 0 Å². The van der Waals surface area contributed by atoms with E-state index in [4.69, 9.17) is 4.74 Å². The first-order chi connectivity index (χ1) is 9.97. The van der Waals surface area contributed by atoms with Crippen LogP contribution in [0.15, 0.2) is 30.3 Å². The lowest BCUT2D eigenvalue weighted by Crippen LogP contribution is -2.46. The van der Waals surface area contributed by atoms with E-state index in [1.807, 2.05) is 0 Å². The smallest absolute Gasteiger partial charge is 0.0480 e. The number of hydrogen-bond acceptors (Lipinski definition) is 3. The van der Waals surface area contributed by atoms with Gasteiger partial charge in [-0.2, -0.15) is 0 Å². The maximum atomic E-state index is 5.51. The van der Waals surface area contributed by atoms with E-state index in [0.717, 1.165) is 32.6 Å². The van der Waals surface area contributed by atoms with Crippen molar-refractivity contribution in [1.82, 2.24) is 10.2 Å². The van der Waals surface area contributed by atoms with Crippen molar-refractivity contribution in [3.8, 4) is 0 Å². The Morgan fingerprint density at radius 2 is 1.81 bits per heavy atom. The topological polar surface area (TPSA) is 24.5 Å². The Labute approximate surface area is 129 Å². The molecule has 1 N–H and O–H groups in total. The molecule has 0 bridgehead atoms. The fourth-order valence-corrected chi connectivity index (χ4v) is 2.92. The van der Waals surface area contributed by atoms with Gasteiger partial charge in [-0.25, -0.2) is 0 Å². The first-order valence-corrected chi connectivity index (χ1v) is 8.07. The van der Waals surface area contributed by atoms with Crippen LogP contribution in [0.1, 0.15) is 45.2 Å². The van der Waals surface area contributed by atoms with Crippen LogP contribution >= 0.6 is 0 Å². The molecule has 0 aromatic heterocycles. The highest BCUT2D eigenvalue weighted by molar-refractivity contribution is 5.19. The first-order valence-electron chi connectivity index (χ1n) is 8.07. The molecule has 1 atom stereocenters. The summed E-state index contributed by atoms with van der Waals surface area (Å²) in [6, 6.07) is 11.9. The van der Waals surface area contributed by atoms with Crippen molar-refractivity contribution in [2.75, 3.05) is 26.8 Å². The summed E-state index contributed by atoms with van der Waals surface area (Å²) in [5.41, 5.74) is 1.53. The van der Waals surface area contributed by atoms with Crippen LogP contribution in [-0.2, 0) is 4.74 Å². The van der Waals surface area contributed by atoms with Crippen LogP contribution in [-0.4, -0.2) is 43.3 Å². The van der Waals surface area contributed by atoms with Gasteiger partial charge in [0.15, 0.2) is 0 Å². The Hall–Kier alpha value is -0.900. The number of benzene rings is 1. The fourth-order valence-electron chi connectivity index (χ4n) is 2.92. The molecule has 1 aromatic rings. The van der Waals surface area contributed by atoms with Crippen molar-refractivity contribution >= 4 is 0 Å². The van der Waals surface area contributed by atoms with Gasteiger partial charge in [-0.3, -0.25) is 4.90 Å². The third-order valence-corrected chi connectivity index (χ3v) is 4.27. The number of rotatable bonds is 5. The van der Waals surface area contributed by atoms with Gasteiger partial charge < -0.3 is 10.1 Å². The van der Waals surface area contributed by atoms with Gasteiger partial charge in [-0.15, -0.1) is 0 Å². The summed E-state index contributed by atoms with van der Waals surface area (Å²) in [4.78, 5) is 2.54. The zero-order chi connectivity index (χ0) is 15.3. The molecule has 118 valence electrons. The van der Waals surface area contributed by atoms with E-state index < -0.39 is 0 Å². The van der Waals surface area contributed by atoms with Crippen molar-refractivity contribution in [1.29, 1.82) is 0 Å². The molecule has 0 radical (unpaired) electrons. The lowest BCUT2D eigenvalue weighted by molar-refractivity contribution is 0.0271. The van der Waals surface area contributed by atoms with E-state index >= 15 is 0 Å². The van der Waals surface area contributed by atoms with Crippen LogP contribution in [0.5, 0.6) is 0 Å². The number of nitrogens with one attached hydrogen (secondary N) is 1. The molecular formula is C18H30N2O. The first kappa shape index (κ1) is 16.5. The normalized spacial score (nSPS) is 18.9. The highest BCUT2D eigenvalue weighted by atomic mass is 16.5. The zero-order valence-corrected chi connectivity index (χ0v) is 13.9. The number of ether oxygens (including phenoxy) is 1. The SMILES string of the molecule is CN(C1CCOCC1)C(CNC(C)(C)C)c1ccccc1. The molecule has 1 unspecified atom stereocenters. The third-order valence-electron chi connectivity index (χ3n) is 4.27. The van der Waals surface area contributed by atoms with Crippen molar-refractivity contribution < 1.29 is 4.74 Å². The molecule has 3 nitrogen and oxygen atoms in total. The Kier molecular flexibility index (Phi) is 5.80. The second-order valence-electron chi connectivity index (χ2n) is 7.07. The molecule has 0 aliphatic carbocycles. The predicted octanol–water partition coefficient (Wildman–Crippen LogP) is 3.23. The van der Waals surface area contributed by atoms with Gasteiger partial charge in [0, 0.05) is 37.4 Å². The van der Waals surface area contributed by atoms with Gasteiger partial charge in [-0.1, -0.05) is 30.3 Å². The van der Waals surface area contributed by atoms with Gasteiger partial charge in [-0.05, 0) is 46.2 Å². The second-order valence-corrected chi connectivity index (χ2v) is 7.07. The van der Waals surface area contributed by atoms with E-state index in [-0.39, 0.29) is 5.54 Å². The van der Waals surface area contributed by atoms with E-state index in [1.165, 1.54) is 5.56 Å². The molecule has 0 amide bonds. The largest absolute Gasteiger partial charge is 0.381 e. The monoisotopic (exact) mass is 290 g/mol. The molecule has 2 rings (SSSR count). The van der Waals surface area contributed by atoms with Crippen molar-refractivity contribution in [2.24, 2.45) is 0 Å². The van der Waals surface area contributed by atoms with Crippen LogP contribution in [0, 0.1) is 0 Å². The molecular weight excluding hydrogens is 260 g/mol. The van der Waals surface area contributed by atoms with Crippen LogP contribution in [0.3, 0.4) is 0 Å². The lowest BCUT2D eigenvalue weighted by atomic mass is 9.99. The molecule has 1 aliphatic heterocycles. The van der Waals surface area contributed by atoms with Crippen molar-refractivity contribution in [3.05, 3.63) is 35.9 Å². The minimum Gasteiger partial charge on any atom is -0.381 e. The van der Waals surface area contributed by atoms with Gasteiger partial charge in [0.05, 0.1) is 0 Å². The summed E-state index contributed by atoms with van der Waals surface area (Å²) in [7, 11) is 2.26. The van der Waals surface area contributed by atoms with Gasteiger partial charge in [0.25, 0.3) is 0 Å². The minimum atomic E-state index is 0.142. The quantitative estimate of drug-likeness (QED) is 0.901. The number of nitrogens with zero attached hydrogens (tertiary/aromatic N) is 1. The summed E-state index contributed by atoms with van der Waals surface area (Å²) in [6.45, 7) is 9.43. The molecule has 1 aromatic carbocycles. The highest BCUT2D eigenvalue weighted by Crippen LogP contribution is 2.25. The molecule has 1 saturated heterocycles. The van der Waals surface area contributed by atoms with Gasteiger partial charge in [0.2, 0.25) is 0 Å².